The van der Waals surface area contributed by atoms with Crippen LogP contribution in [0.25, 0.3) is 0 Å². The molecule has 8 nitrogen and oxygen atoms in total. The number of aromatic nitrogens is 2. The van der Waals surface area contributed by atoms with Crippen LogP contribution in [0.2, 0.25) is 5.02 Å². The molecular weight excluding hydrogens is 372 g/mol. The highest BCUT2D eigenvalue weighted by molar-refractivity contribution is 6.33. The molecule has 1 fully saturated rings. The lowest BCUT2D eigenvalue weighted by atomic mass is 10.2. The number of halogens is 1. The van der Waals surface area contributed by atoms with Crippen LogP contribution in [0.15, 0.2) is 29.2 Å². The molecule has 0 saturated carbocycles. The van der Waals surface area contributed by atoms with Gasteiger partial charge in [-0.2, -0.15) is 5.10 Å². The summed E-state index contributed by atoms with van der Waals surface area (Å²) < 4.78 is 11.4. The van der Waals surface area contributed by atoms with Crippen molar-refractivity contribution in [1.29, 1.82) is 0 Å². The van der Waals surface area contributed by atoms with E-state index in [4.69, 9.17) is 21.1 Å². The summed E-state index contributed by atoms with van der Waals surface area (Å²) in [6.07, 6.45) is 3.67. The summed E-state index contributed by atoms with van der Waals surface area (Å²) in [6.45, 7) is 1.46. The van der Waals surface area contributed by atoms with Crippen molar-refractivity contribution in [3.8, 4) is 11.5 Å². The highest BCUT2D eigenvalue weighted by Gasteiger charge is 2.19. The molecule has 0 bridgehead atoms. The van der Waals surface area contributed by atoms with Crippen molar-refractivity contribution < 1.29 is 14.3 Å². The molecule has 1 aliphatic rings. The SMILES string of the molecule is COc1ccc(NC(=O)Cn2ncc(N3CCCC3)c(Cl)c2=O)cc1OC. The van der Waals surface area contributed by atoms with Crippen LogP contribution in [0, 0.1) is 0 Å². The van der Waals surface area contributed by atoms with Gasteiger partial charge in [0.2, 0.25) is 5.91 Å². The van der Waals surface area contributed by atoms with Gasteiger partial charge in [-0.25, -0.2) is 4.68 Å². The Balaban J connectivity index is 1.72. The Kier molecular flexibility index (Phi) is 5.85. The molecular formula is C18H21ClN4O4. The molecule has 1 N–H and O–H groups in total. The number of amides is 1. The van der Waals surface area contributed by atoms with Crippen LogP contribution in [-0.2, 0) is 11.3 Å². The Morgan fingerprint density at radius 1 is 1.22 bits per heavy atom. The van der Waals surface area contributed by atoms with E-state index in [9.17, 15) is 9.59 Å². The van der Waals surface area contributed by atoms with Crippen LogP contribution in [0.5, 0.6) is 11.5 Å². The first kappa shape index (κ1) is 19.0. The Morgan fingerprint density at radius 2 is 1.93 bits per heavy atom. The minimum Gasteiger partial charge on any atom is -0.493 e. The minimum atomic E-state index is -0.483. The fourth-order valence-electron chi connectivity index (χ4n) is 3.00. The minimum absolute atomic E-state index is 0.0887. The van der Waals surface area contributed by atoms with E-state index in [1.807, 2.05) is 4.90 Å². The third-order valence-electron chi connectivity index (χ3n) is 4.37. The molecule has 27 heavy (non-hydrogen) atoms. The van der Waals surface area contributed by atoms with Crippen LogP contribution in [0.4, 0.5) is 11.4 Å². The second-order valence-corrected chi connectivity index (χ2v) is 6.50. The number of carbonyl (C=O) groups is 1. The van der Waals surface area contributed by atoms with Gasteiger partial charge in [-0.1, -0.05) is 11.6 Å². The maximum absolute atomic E-state index is 12.4. The van der Waals surface area contributed by atoms with Gasteiger partial charge in [-0.15, -0.1) is 0 Å². The smallest absolute Gasteiger partial charge is 0.288 e. The van der Waals surface area contributed by atoms with Crippen molar-refractivity contribution >= 4 is 28.9 Å². The molecule has 0 spiro atoms. The lowest BCUT2D eigenvalue weighted by Crippen LogP contribution is -2.31. The third kappa shape index (κ3) is 4.16. The van der Waals surface area contributed by atoms with Gasteiger partial charge in [0.15, 0.2) is 11.5 Å². The van der Waals surface area contributed by atoms with E-state index in [0.717, 1.165) is 30.6 Å². The second kappa shape index (κ2) is 8.30. The van der Waals surface area contributed by atoms with E-state index in [0.29, 0.717) is 22.9 Å². The number of methoxy groups -OCH3 is 2. The van der Waals surface area contributed by atoms with Crippen LogP contribution >= 0.6 is 11.6 Å². The Labute approximate surface area is 161 Å². The van der Waals surface area contributed by atoms with E-state index in [2.05, 4.69) is 10.4 Å². The van der Waals surface area contributed by atoms with E-state index in [1.165, 1.54) is 14.2 Å². The summed E-state index contributed by atoms with van der Waals surface area (Å²) in [5.41, 5.74) is 0.657. The first-order chi connectivity index (χ1) is 13.0. The van der Waals surface area contributed by atoms with Gasteiger partial charge in [0.25, 0.3) is 5.56 Å². The number of carbonyl (C=O) groups excluding carboxylic acids is 1. The summed E-state index contributed by atoms with van der Waals surface area (Å²) in [5, 5.41) is 6.89. The molecule has 0 atom stereocenters. The number of benzene rings is 1. The van der Waals surface area contributed by atoms with Gasteiger partial charge >= 0.3 is 0 Å². The number of ether oxygens (including phenoxy) is 2. The van der Waals surface area contributed by atoms with E-state index >= 15 is 0 Å². The standard InChI is InChI=1S/C18H21ClN4O4/c1-26-14-6-5-12(9-15(14)27-2)21-16(24)11-23-18(25)17(19)13(10-20-23)22-7-3-4-8-22/h5-6,9-10H,3-4,7-8,11H2,1-2H3,(H,21,24). The molecule has 0 radical (unpaired) electrons. The molecule has 9 heteroatoms. The zero-order chi connectivity index (χ0) is 19.4. The molecule has 1 amide bonds. The van der Waals surface area contributed by atoms with Crippen LogP contribution in [-0.4, -0.2) is 43.0 Å². The van der Waals surface area contributed by atoms with Gasteiger partial charge in [-0.3, -0.25) is 9.59 Å². The number of hydrogen-bond donors (Lipinski definition) is 1. The van der Waals surface area contributed by atoms with Gasteiger partial charge < -0.3 is 19.7 Å². The predicted molar refractivity (Wildman–Crippen MR) is 103 cm³/mol. The van der Waals surface area contributed by atoms with E-state index in [1.54, 1.807) is 24.4 Å². The lowest BCUT2D eigenvalue weighted by Gasteiger charge is -2.18. The van der Waals surface area contributed by atoms with E-state index < -0.39 is 11.5 Å². The fourth-order valence-corrected chi connectivity index (χ4v) is 3.26. The van der Waals surface area contributed by atoms with Crippen molar-refractivity contribution in [2.75, 3.05) is 37.5 Å². The van der Waals surface area contributed by atoms with Crippen LogP contribution in [0.1, 0.15) is 12.8 Å². The van der Waals surface area contributed by atoms with Gasteiger partial charge in [0.05, 0.1) is 26.1 Å². The maximum atomic E-state index is 12.4. The Bertz CT molecular complexity index is 893. The van der Waals surface area contributed by atoms with Crippen LogP contribution < -0.4 is 25.2 Å². The molecule has 1 aliphatic heterocycles. The second-order valence-electron chi connectivity index (χ2n) is 6.12. The molecule has 2 heterocycles. The predicted octanol–water partition coefficient (Wildman–Crippen LogP) is 2.15. The number of nitrogens with one attached hydrogen (secondary N) is 1. The first-order valence-electron chi connectivity index (χ1n) is 8.56. The molecule has 144 valence electrons. The summed E-state index contributed by atoms with van der Waals surface area (Å²) in [7, 11) is 3.04. The molecule has 3 rings (SSSR count). The first-order valence-corrected chi connectivity index (χ1v) is 8.93. The molecule has 1 aromatic heterocycles. The molecule has 1 aromatic carbocycles. The lowest BCUT2D eigenvalue weighted by molar-refractivity contribution is -0.117. The normalized spacial score (nSPS) is 13.5. The monoisotopic (exact) mass is 392 g/mol. The average Bonchev–Trinajstić information content (AvgIpc) is 3.20. The zero-order valence-corrected chi connectivity index (χ0v) is 16.0. The Hall–Kier alpha value is -2.74. The quantitative estimate of drug-likeness (QED) is 0.810. The third-order valence-corrected chi connectivity index (χ3v) is 4.73. The number of nitrogens with zero attached hydrogens (tertiary/aromatic N) is 3. The van der Waals surface area contributed by atoms with Crippen molar-refractivity contribution in [3.63, 3.8) is 0 Å². The zero-order valence-electron chi connectivity index (χ0n) is 15.2. The van der Waals surface area contributed by atoms with Crippen LogP contribution in [0.3, 0.4) is 0 Å². The Morgan fingerprint density at radius 3 is 2.59 bits per heavy atom. The highest BCUT2D eigenvalue weighted by Crippen LogP contribution is 2.29. The van der Waals surface area contributed by atoms with E-state index in [-0.39, 0.29) is 11.6 Å². The maximum Gasteiger partial charge on any atom is 0.288 e. The summed E-state index contributed by atoms with van der Waals surface area (Å²) >= 11 is 6.22. The molecule has 0 unspecified atom stereocenters. The largest absolute Gasteiger partial charge is 0.493 e. The number of rotatable bonds is 6. The van der Waals surface area contributed by atoms with Gasteiger partial charge in [0, 0.05) is 24.8 Å². The number of anilines is 2. The summed E-state index contributed by atoms with van der Waals surface area (Å²) in [6, 6.07) is 5.00. The number of hydrogen-bond acceptors (Lipinski definition) is 6. The van der Waals surface area contributed by atoms with Crippen molar-refractivity contribution in [2.45, 2.75) is 19.4 Å². The topological polar surface area (TPSA) is 85.7 Å². The molecule has 0 aliphatic carbocycles. The summed E-state index contributed by atoms with van der Waals surface area (Å²) in [4.78, 5) is 26.8. The molecule has 2 aromatic rings. The molecule has 1 saturated heterocycles. The van der Waals surface area contributed by atoms with Crippen molar-refractivity contribution in [1.82, 2.24) is 9.78 Å². The summed E-state index contributed by atoms with van der Waals surface area (Å²) in [5.74, 6) is 0.642. The fraction of sp³-hybridized carbons (Fsp3) is 0.389. The average molecular weight is 393 g/mol. The van der Waals surface area contributed by atoms with Gasteiger partial charge in [0.1, 0.15) is 11.6 Å². The highest BCUT2D eigenvalue weighted by atomic mass is 35.5. The van der Waals surface area contributed by atoms with Crippen molar-refractivity contribution in [3.05, 3.63) is 39.8 Å². The van der Waals surface area contributed by atoms with Crippen molar-refractivity contribution in [2.24, 2.45) is 0 Å². The van der Waals surface area contributed by atoms with Gasteiger partial charge in [-0.05, 0) is 25.0 Å².